The predicted molar refractivity (Wildman–Crippen MR) is 98.7 cm³/mol. The van der Waals surface area contributed by atoms with E-state index in [0.717, 1.165) is 14.9 Å². The molecule has 0 saturated heterocycles. The summed E-state index contributed by atoms with van der Waals surface area (Å²) in [6.45, 7) is 1.98. The molecule has 0 aliphatic heterocycles. The molecule has 0 aliphatic carbocycles. The number of thioether (sulfide) groups is 1. The van der Waals surface area contributed by atoms with E-state index in [2.05, 4.69) is 21.2 Å². The van der Waals surface area contributed by atoms with Crippen LogP contribution in [-0.4, -0.2) is 23.7 Å². The van der Waals surface area contributed by atoms with Gasteiger partial charge in [0.15, 0.2) is 6.10 Å². The van der Waals surface area contributed by atoms with E-state index in [1.54, 1.807) is 6.92 Å². The van der Waals surface area contributed by atoms with Gasteiger partial charge in [-0.25, -0.2) is 0 Å². The molecule has 0 spiro atoms. The van der Waals surface area contributed by atoms with Crippen LogP contribution in [0.1, 0.15) is 12.5 Å². The van der Waals surface area contributed by atoms with Crippen molar-refractivity contribution in [2.45, 2.75) is 24.5 Å². The summed E-state index contributed by atoms with van der Waals surface area (Å²) < 4.78 is 6.15. The SMILES string of the molecule is C[C@H](OC(=O)CSc1ccc(Br)cc1)C(=O)NCc1ccccc1. The smallest absolute Gasteiger partial charge is 0.317 e. The minimum atomic E-state index is -0.813. The normalized spacial score (nSPS) is 11.6. The van der Waals surface area contributed by atoms with Crippen LogP contribution in [-0.2, 0) is 20.9 Å². The highest BCUT2D eigenvalue weighted by atomic mass is 79.9. The van der Waals surface area contributed by atoms with Gasteiger partial charge in [-0.1, -0.05) is 46.3 Å². The summed E-state index contributed by atoms with van der Waals surface area (Å²) in [5.74, 6) is -0.552. The number of esters is 1. The van der Waals surface area contributed by atoms with Gasteiger partial charge in [0.25, 0.3) is 5.91 Å². The fourth-order valence-electron chi connectivity index (χ4n) is 1.89. The van der Waals surface area contributed by atoms with Crippen LogP contribution in [0.2, 0.25) is 0 Å². The number of hydrogen-bond acceptors (Lipinski definition) is 4. The predicted octanol–water partition coefficient (Wildman–Crippen LogP) is 3.79. The summed E-state index contributed by atoms with van der Waals surface area (Å²) in [6.07, 6.45) is -0.813. The van der Waals surface area contributed by atoms with Crippen molar-refractivity contribution in [1.82, 2.24) is 5.32 Å². The topological polar surface area (TPSA) is 55.4 Å². The number of amides is 1. The molecule has 1 amide bonds. The van der Waals surface area contributed by atoms with Gasteiger partial charge in [0, 0.05) is 15.9 Å². The van der Waals surface area contributed by atoms with Gasteiger partial charge in [0.1, 0.15) is 0 Å². The van der Waals surface area contributed by atoms with Crippen molar-refractivity contribution in [3.05, 3.63) is 64.6 Å². The number of benzene rings is 2. The van der Waals surface area contributed by atoms with Crippen molar-refractivity contribution in [2.24, 2.45) is 0 Å². The second-order valence-corrected chi connectivity index (χ2v) is 7.04. The highest BCUT2D eigenvalue weighted by molar-refractivity contribution is 9.10. The van der Waals surface area contributed by atoms with E-state index in [-0.39, 0.29) is 11.7 Å². The lowest BCUT2D eigenvalue weighted by molar-refractivity contribution is -0.152. The lowest BCUT2D eigenvalue weighted by Gasteiger charge is -2.13. The average Bonchev–Trinajstić information content (AvgIpc) is 2.60. The van der Waals surface area contributed by atoms with Gasteiger partial charge in [-0.05, 0) is 36.8 Å². The highest BCUT2D eigenvalue weighted by Gasteiger charge is 2.17. The van der Waals surface area contributed by atoms with Gasteiger partial charge in [-0.3, -0.25) is 9.59 Å². The third kappa shape index (κ3) is 6.37. The minimum Gasteiger partial charge on any atom is -0.452 e. The quantitative estimate of drug-likeness (QED) is 0.560. The van der Waals surface area contributed by atoms with Crippen LogP contribution in [0, 0.1) is 0 Å². The minimum absolute atomic E-state index is 0.165. The second kappa shape index (κ2) is 9.49. The zero-order valence-electron chi connectivity index (χ0n) is 13.2. The van der Waals surface area contributed by atoms with E-state index < -0.39 is 12.1 Å². The van der Waals surface area contributed by atoms with Gasteiger partial charge < -0.3 is 10.1 Å². The zero-order valence-corrected chi connectivity index (χ0v) is 15.6. The summed E-state index contributed by atoms with van der Waals surface area (Å²) in [4.78, 5) is 24.8. The van der Waals surface area contributed by atoms with Crippen molar-refractivity contribution in [3.8, 4) is 0 Å². The molecule has 0 heterocycles. The summed E-state index contributed by atoms with van der Waals surface area (Å²) >= 11 is 4.73. The van der Waals surface area contributed by atoms with Crippen molar-refractivity contribution < 1.29 is 14.3 Å². The number of nitrogens with one attached hydrogen (secondary N) is 1. The van der Waals surface area contributed by atoms with Crippen molar-refractivity contribution in [3.63, 3.8) is 0 Å². The average molecular weight is 408 g/mol. The standard InChI is InChI=1S/C18H18BrNO3S/c1-13(18(22)20-11-14-5-3-2-4-6-14)23-17(21)12-24-16-9-7-15(19)8-10-16/h2-10,13H,11-12H2,1H3,(H,20,22)/t13-/m0/s1. The van der Waals surface area contributed by atoms with E-state index in [0.29, 0.717) is 6.54 Å². The van der Waals surface area contributed by atoms with Gasteiger partial charge in [-0.15, -0.1) is 11.8 Å². The van der Waals surface area contributed by atoms with E-state index in [9.17, 15) is 9.59 Å². The number of carbonyl (C=O) groups is 2. The van der Waals surface area contributed by atoms with Crippen LogP contribution in [0.4, 0.5) is 0 Å². The third-order valence-corrected chi connectivity index (χ3v) is 4.67. The number of halogens is 1. The molecule has 24 heavy (non-hydrogen) atoms. The number of carbonyl (C=O) groups excluding carboxylic acids is 2. The van der Waals surface area contributed by atoms with Crippen LogP contribution in [0.3, 0.4) is 0 Å². The molecular weight excluding hydrogens is 390 g/mol. The molecule has 2 rings (SSSR count). The summed E-state index contributed by atoms with van der Waals surface area (Å²) in [5, 5.41) is 2.76. The maximum atomic E-state index is 12.0. The molecule has 2 aromatic rings. The van der Waals surface area contributed by atoms with Crippen molar-refractivity contribution >= 4 is 39.6 Å². The van der Waals surface area contributed by atoms with Gasteiger partial charge in [-0.2, -0.15) is 0 Å². The van der Waals surface area contributed by atoms with Gasteiger partial charge >= 0.3 is 5.97 Å². The Hall–Kier alpha value is -1.79. The zero-order chi connectivity index (χ0) is 17.4. The molecule has 2 aromatic carbocycles. The number of hydrogen-bond donors (Lipinski definition) is 1. The first-order valence-electron chi connectivity index (χ1n) is 7.44. The van der Waals surface area contributed by atoms with Crippen molar-refractivity contribution in [1.29, 1.82) is 0 Å². The van der Waals surface area contributed by atoms with Crippen LogP contribution in [0.25, 0.3) is 0 Å². The number of ether oxygens (including phenoxy) is 1. The third-order valence-electron chi connectivity index (χ3n) is 3.16. The summed E-state index contributed by atoms with van der Waals surface area (Å²) in [7, 11) is 0. The van der Waals surface area contributed by atoms with Crippen molar-refractivity contribution in [2.75, 3.05) is 5.75 Å². The molecular formula is C18H18BrNO3S. The summed E-state index contributed by atoms with van der Waals surface area (Å²) in [5.41, 5.74) is 0.996. The molecule has 0 aromatic heterocycles. The molecule has 1 N–H and O–H groups in total. The van der Waals surface area contributed by atoms with E-state index in [4.69, 9.17) is 4.74 Å². The Labute approximate surface area is 154 Å². The first kappa shape index (κ1) is 18.5. The van der Waals surface area contributed by atoms with E-state index >= 15 is 0 Å². The Bertz CT molecular complexity index is 676. The molecule has 0 radical (unpaired) electrons. The Morgan fingerprint density at radius 1 is 1.12 bits per heavy atom. The Balaban J connectivity index is 1.72. The van der Waals surface area contributed by atoms with E-state index in [1.165, 1.54) is 11.8 Å². The van der Waals surface area contributed by atoms with Gasteiger partial charge in [0.05, 0.1) is 5.75 Å². The number of rotatable bonds is 7. The first-order valence-corrected chi connectivity index (χ1v) is 9.22. The maximum absolute atomic E-state index is 12.0. The molecule has 6 heteroatoms. The Kier molecular flexibility index (Phi) is 7.34. The molecule has 1 atom stereocenters. The monoisotopic (exact) mass is 407 g/mol. The molecule has 0 saturated carbocycles. The van der Waals surface area contributed by atoms with Crippen LogP contribution < -0.4 is 5.32 Å². The molecule has 0 aliphatic rings. The molecule has 126 valence electrons. The van der Waals surface area contributed by atoms with E-state index in [1.807, 2.05) is 54.6 Å². The van der Waals surface area contributed by atoms with Crippen LogP contribution >= 0.6 is 27.7 Å². The summed E-state index contributed by atoms with van der Waals surface area (Å²) in [6, 6.07) is 17.2. The molecule has 4 nitrogen and oxygen atoms in total. The Morgan fingerprint density at radius 2 is 1.79 bits per heavy atom. The highest BCUT2D eigenvalue weighted by Crippen LogP contribution is 2.20. The fourth-order valence-corrected chi connectivity index (χ4v) is 2.83. The first-order chi connectivity index (χ1) is 11.5. The largest absolute Gasteiger partial charge is 0.452 e. The second-order valence-electron chi connectivity index (χ2n) is 5.08. The maximum Gasteiger partial charge on any atom is 0.317 e. The van der Waals surface area contributed by atoms with Crippen LogP contribution in [0.5, 0.6) is 0 Å². The lowest BCUT2D eigenvalue weighted by Crippen LogP contribution is -2.35. The lowest BCUT2D eigenvalue weighted by atomic mass is 10.2. The molecule has 0 fully saturated rings. The fraction of sp³-hybridized carbons (Fsp3) is 0.222. The molecule has 0 bridgehead atoms. The van der Waals surface area contributed by atoms with Gasteiger partial charge in [0.2, 0.25) is 0 Å². The Morgan fingerprint density at radius 3 is 2.46 bits per heavy atom. The van der Waals surface area contributed by atoms with Crippen LogP contribution in [0.15, 0.2) is 64.0 Å². The molecule has 0 unspecified atom stereocenters.